The number of carbonyl (C=O) groups is 2. The second-order valence-corrected chi connectivity index (χ2v) is 4.50. The first-order chi connectivity index (χ1) is 9.72. The fourth-order valence-electron chi connectivity index (χ4n) is 2.05. The van der Waals surface area contributed by atoms with Crippen LogP contribution in [0.3, 0.4) is 0 Å². The Bertz CT molecular complexity index is 661. The van der Waals surface area contributed by atoms with Gasteiger partial charge in [0.15, 0.2) is 0 Å². The molecule has 1 aliphatic heterocycles. The lowest BCUT2D eigenvalue weighted by atomic mass is 10.1. The molecule has 0 saturated heterocycles. The summed E-state index contributed by atoms with van der Waals surface area (Å²) < 4.78 is 10.4. The molecule has 1 heterocycles. The van der Waals surface area contributed by atoms with Gasteiger partial charge in [-0.15, -0.1) is 0 Å². The minimum absolute atomic E-state index is 0.260. The smallest absolute Gasteiger partial charge is 0.343 e. The van der Waals surface area contributed by atoms with Crippen LogP contribution in [-0.2, 0) is 11.2 Å². The molecule has 0 bridgehead atoms. The van der Waals surface area contributed by atoms with E-state index in [0.29, 0.717) is 29.9 Å². The maximum atomic E-state index is 11.9. The van der Waals surface area contributed by atoms with Gasteiger partial charge >= 0.3 is 11.9 Å². The zero-order valence-electron chi connectivity index (χ0n) is 10.7. The molecule has 4 nitrogen and oxygen atoms in total. The Morgan fingerprint density at radius 2 is 1.85 bits per heavy atom. The third-order valence-corrected chi connectivity index (χ3v) is 3.08. The molecule has 0 aromatic heterocycles. The van der Waals surface area contributed by atoms with Crippen molar-refractivity contribution in [2.24, 2.45) is 0 Å². The number of ether oxygens (including phenoxy) is 2. The molecule has 0 fully saturated rings. The van der Waals surface area contributed by atoms with Crippen LogP contribution in [0.2, 0.25) is 0 Å². The average molecular weight is 268 g/mol. The number of carbonyl (C=O) groups excluding carboxylic acids is 2. The van der Waals surface area contributed by atoms with E-state index in [2.05, 4.69) is 0 Å². The van der Waals surface area contributed by atoms with Crippen molar-refractivity contribution >= 4 is 11.9 Å². The molecule has 0 radical (unpaired) electrons. The zero-order chi connectivity index (χ0) is 13.9. The zero-order valence-corrected chi connectivity index (χ0v) is 10.7. The molecule has 0 unspecified atom stereocenters. The van der Waals surface area contributed by atoms with E-state index in [1.165, 1.54) is 0 Å². The molecule has 1 aliphatic rings. The summed E-state index contributed by atoms with van der Waals surface area (Å²) in [4.78, 5) is 23.2. The Labute approximate surface area is 115 Å². The molecule has 100 valence electrons. The third kappa shape index (κ3) is 2.54. The Morgan fingerprint density at radius 3 is 2.65 bits per heavy atom. The largest absolute Gasteiger partial charge is 0.426 e. The molecule has 0 N–H and O–H groups in total. The summed E-state index contributed by atoms with van der Waals surface area (Å²) >= 11 is 0. The van der Waals surface area contributed by atoms with Gasteiger partial charge in [-0.2, -0.15) is 0 Å². The number of fused-ring (bicyclic) bond motifs is 1. The highest BCUT2D eigenvalue weighted by Crippen LogP contribution is 2.29. The Kier molecular flexibility index (Phi) is 3.21. The molecule has 0 atom stereocenters. The molecule has 2 aromatic carbocycles. The second-order valence-electron chi connectivity index (χ2n) is 4.50. The first-order valence-corrected chi connectivity index (χ1v) is 6.33. The number of hydrogen-bond donors (Lipinski definition) is 0. The van der Waals surface area contributed by atoms with Crippen molar-refractivity contribution in [2.75, 3.05) is 0 Å². The van der Waals surface area contributed by atoms with Crippen LogP contribution in [0, 0.1) is 0 Å². The summed E-state index contributed by atoms with van der Waals surface area (Å²) in [5, 5.41) is 0. The molecular formula is C16H12O4. The van der Waals surface area contributed by atoms with Crippen LogP contribution in [-0.4, -0.2) is 11.9 Å². The van der Waals surface area contributed by atoms with Crippen LogP contribution in [0.25, 0.3) is 0 Å². The lowest BCUT2D eigenvalue weighted by Gasteiger charge is -2.16. The highest BCUT2D eigenvalue weighted by Gasteiger charge is 2.18. The van der Waals surface area contributed by atoms with Crippen LogP contribution in [0.5, 0.6) is 11.5 Å². The number of esters is 2. The van der Waals surface area contributed by atoms with Gasteiger partial charge in [-0.05, 0) is 30.2 Å². The summed E-state index contributed by atoms with van der Waals surface area (Å²) in [6.07, 6.45) is 1.04. The Hall–Kier alpha value is -2.62. The Morgan fingerprint density at radius 1 is 1.05 bits per heavy atom. The molecule has 0 aliphatic carbocycles. The van der Waals surface area contributed by atoms with Crippen molar-refractivity contribution in [2.45, 2.75) is 12.8 Å². The van der Waals surface area contributed by atoms with E-state index in [4.69, 9.17) is 9.47 Å². The molecule has 2 aromatic rings. The molecule has 4 heteroatoms. The molecular weight excluding hydrogens is 256 g/mol. The van der Waals surface area contributed by atoms with Gasteiger partial charge in [-0.3, -0.25) is 4.79 Å². The topological polar surface area (TPSA) is 52.6 Å². The summed E-state index contributed by atoms with van der Waals surface area (Å²) in [6, 6.07) is 13.8. The maximum absolute atomic E-state index is 11.9. The van der Waals surface area contributed by atoms with Crippen LogP contribution in [0.15, 0.2) is 48.5 Å². The SMILES string of the molecule is O=C1CCc2ccc(OC(=O)c3ccccc3)cc2O1. The number of rotatable bonds is 2. The standard InChI is InChI=1S/C16H12O4/c17-15-9-7-11-6-8-13(10-14(11)20-15)19-16(18)12-4-2-1-3-5-12/h1-6,8,10H,7,9H2. The van der Waals surface area contributed by atoms with E-state index in [-0.39, 0.29) is 5.97 Å². The van der Waals surface area contributed by atoms with Gasteiger partial charge in [0, 0.05) is 6.07 Å². The van der Waals surface area contributed by atoms with Crippen molar-refractivity contribution in [3.05, 3.63) is 59.7 Å². The number of hydrogen-bond acceptors (Lipinski definition) is 4. The summed E-state index contributed by atoms with van der Waals surface area (Å²) in [7, 11) is 0. The van der Waals surface area contributed by atoms with Gasteiger partial charge in [-0.25, -0.2) is 4.79 Å². The summed E-state index contributed by atoms with van der Waals surface area (Å²) in [6.45, 7) is 0. The van der Waals surface area contributed by atoms with E-state index in [9.17, 15) is 9.59 Å². The molecule has 0 spiro atoms. The summed E-state index contributed by atoms with van der Waals surface area (Å²) in [5.41, 5.74) is 1.42. The van der Waals surface area contributed by atoms with E-state index in [1.54, 1.807) is 36.4 Å². The third-order valence-electron chi connectivity index (χ3n) is 3.08. The highest BCUT2D eigenvalue weighted by molar-refractivity contribution is 5.91. The average Bonchev–Trinajstić information content (AvgIpc) is 2.47. The van der Waals surface area contributed by atoms with Crippen molar-refractivity contribution in [1.29, 1.82) is 0 Å². The fraction of sp³-hybridized carbons (Fsp3) is 0.125. The lowest BCUT2D eigenvalue weighted by Crippen LogP contribution is -2.16. The monoisotopic (exact) mass is 268 g/mol. The first-order valence-electron chi connectivity index (χ1n) is 6.33. The van der Waals surface area contributed by atoms with Gasteiger partial charge in [-0.1, -0.05) is 24.3 Å². The minimum atomic E-state index is -0.437. The van der Waals surface area contributed by atoms with Crippen molar-refractivity contribution < 1.29 is 19.1 Å². The van der Waals surface area contributed by atoms with Crippen LogP contribution < -0.4 is 9.47 Å². The second kappa shape index (κ2) is 5.17. The minimum Gasteiger partial charge on any atom is -0.426 e. The van der Waals surface area contributed by atoms with Gasteiger partial charge < -0.3 is 9.47 Å². The molecule has 3 rings (SSSR count). The van der Waals surface area contributed by atoms with Crippen LogP contribution in [0.1, 0.15) is 22.3 Å². The molecule has 0 amide bonds. The lowest BCUT2D eigenvalue weighted by molar-refractivity contribution is -0.135. The van der Waals surface area contributed by atoms with Gasteiger partial charge in [0.25, 0.3) is 0 Å². The van der Waals surface area contributed by atoms with Crippen LogP contribution in [0.4, 0.5) is 0 Å². The number of aryl methyl sites for hydroxylation is 1. The first kappa shape index (κ1) is 12.4. The normalized spacial score (nSPS) is 13.3. The summed E-state index contributed by atoms with van der Waals surface area (Å²) in [5.74, 6) is 0.142. The van der Waals surface area contributed by atoms with Crippen molar-refractivity contribution in [3.8, 4) is 11.5 Å². The van der Waals surface area contributed by atoms with Crippen molar-refractivity contribution in [3.63, 3.8) is 0 Å². The highest BCUT2D eigenvalue weighted by atomic mass is 16.5. The quantitative estimate of drug-likeness (QED) is 0.620. The van der Waals surface area contributed by atoms with E-state index < -0.39 is 5.97 Å². The van der Waals surface area contributed by atoms with E-state index in [0.717, 1.165) is 5.56 Å². The van der Waals surface area contributed by atoms with Gasteiger partial charge in [0.2, 0.25) is 0 Å². The molecule has 20 heavy (non-hydrogen) atoms. The van der Waals surface area contributed by atoms with E-state index >= 15 is 0 Å². The van der Waals surface area contributed by atoms with E-state index in [1.807, 2.05) is 12.1 Å². The predicted octanol–water partition coefficient (Wildman–Crippen LogP) is 2.76. The number of benzene rings is 2. The van der Waals surface area contributed by atoms with Crippen LogP contribution >= 0.6 is 0 Å². The molecule has 0 saturated carbocycles. The Balaban J connectivity index is 1.80. The fourth-order valence-corrected chi connectivity index (χ4v) is 2.05. The van der Waals surface area contributed by atoms with Gasteiger partial charge in [0.1, 0.15) is 11.5 Å². The van der Waals surface area contributed by atoms with Crippen molar-refractivity contribution in [1.82, 2.24) is 0 Å². The predicted molar refractivity (Wildman–Crippen MR) is 71.8 cm³/mol. The maximum Gasteiger partial charge on any atom is 0.343 e. The van der Waals surface area contributed by atoms with Gasteiger partial charge in [0.05, 0.1) is 12.0 Å².